The van der Waals surface area contributed by atoms with Crippen LogP contribution in [0, 0.1) is 0 Å². The molecule has 1 aliphatic heterocycles. The van der Waals surface area contributed by atoms with Crippen LogP contribution in [-0.4, -0.2) is 48.1 Å². The monoisotopic (exact) mass is 373 g/mol. The number of carbonyl (C=O) groups excluding carboxylic acids is 1. The molecule has 1 fully saturated rings. The molecule has 1 atom stereocenters. The summed E-state index contributed by atoms with van der Waals surface area (Å²) in [5, 5.41) is 2.92. The Kier molecular flexibility index (Phi) is 6.17. The summed E-state index contributed by atoms with van der Waals surface area (Å²) >= 11 is 0. The Morgan fingerprint density at radius 3 is 2.74 bits per heavy atom. The van der Waals surface area contributed by atoms with Crippen molar-refractivity contribution in [1.29, 1.82) is 0 Å². The SMILES string of the molecule is CC(CCC(=O)NCc1nc2cc(C(C)(C)C)ccc2o1)N1CCOCC1. The molecule has 2 heterocycles. The van der Waals surface area contributed by atoms with E-state index in [0.717, 1.165) is 43.8 Å². The number of amides is 1. The Labute approximate surface area is 161 Å². The lowest BCUT2D eigenvalue weighted by Crippen LogP contribution is -2.42. The number of aromatic nitrogens is 1. The fourth-order valence-electron chi connectivity index (χ4n) is 3.32. The van der Waals surface area contributed by atoms with Crippen LogP contribution in [0.5, 0.6) is 0 Å². The lowest BCUT2D eigenvalue weighted by Gasteiger charge is -2.32. The first-order valence-electron chi connectivity index (χ1n) is 9.81. The van der Waals surface area contributed by atoms with E-state index in [1.54, 1.807) is 0 Å². The fraction of sp³-hybridized carbons (Fsp3) is 0.619. The smallest absolute Gasteiger partial charge is 0.220 e. The standard InChI is InChI=1S/C21H31N3O3/c1-15(24-9-11-26-12-10-24)5-8-19(25)22-14-20-23-17-13-16(21(2,3)4)6-7-18(17)27-20/h6-7,13,15H,5,8-12,14H2,1-4H3,(H,22,25). The van der Waals surface area contributed by atoms with Gasteiger partial charge in [-0.1, -0.05) is 26.8 Å². The first-order valence-corrected chi connectivity index (χ1v) is 9.81. The van der Waals surface area contributed by atoms with Crippen molar-refractivity contribution in [3.63, 3.8) is 0 Å². The van der Waals surface area contributed by atoms with Crippen LogP contribution in [0.15, 0.2) is 22.6 Å². The minimum Gasteiger partial charge on any atom is -0.439 e. The van der Waals surface area contributed by atoms with Gasteiger partial charge in [0.25, 0.3) is 0 Å². The average molecular weight is 373 g/mol. The summed E-state index contributed by atoms with van der Waals surface area (Å²) in [7, 11) is 0. The summed E-state index contributed by atoms with van der Waals surface area (Å²) in [4.78, 5) is 19.1. The third-order valence-electron chi connectivity index (χ3n) is 5.19. The number of nitrogens with zero attached hydrogens (tertiary/aromatic N) is 2. The highest BCUT2D eigenvalue weighted by Crippen LogP contribution is 2.26. The second-order valence-electron chi connectivity index (χ2n) is 8.35. The van der Waals surface area contributed by atoms with E-state index in [0.29, 0.717) is 24.9 Å². The van der Waals surface area contributed by atoms with Gasteiger partial charge in [0.05, 0.1) is 19.8 Å². The molecule has 3 rings (SSSR count). The fourth-order valence-corrected chi connectivity index (χ4v) is 3.32. The van der Waals surface area contributed by atoms with E-state index in [1.807, 2.05) is 6.07 Å². The summed E-state index contributed by atoms with van der Waals surface area (Å²) in [6.45, 7) is 12.5. The number of benzene rings is 1. The second kappa shape index (κ2) is 8.40. The maximum Gasteiger partial charge on any atom is 0.220 e. The van der Waals surface area contributed by atoms with Crippen LogP contribution in [0.25, 0.3) is 11.1 Å². The molecule has 1 aliphatic rings. The van der Waals surface area contributed by atoms with Crippen molar-refractivity contribution in [3.8, 4) is 0 Å². The average Bonchev–Trinajstić information content (AvgIpc) is 3.06. The number of rotatable bonds is 6. The van der Waals surface area contributed by atoms with Gasteiger partial charge in [0.2, 0.25) is 11.8 Å². The number of ether oxygens (including phenoxy) is 1. The van der Waals surface area contributed by atoms with Crippen molar-refractivity contribution in [2.75, 3.05) is 26.3 Å². The van der Waals surface area contributed by atoms with E-state index in [2.05, 4.69) is 55.0 Å². The number of morpholine rings is 1. The molecule has 1 saturated heterocycles. The van der Waals surface area contributed by atoms with E-state index >= 15 is 0 Å². The lowest BCUT2D eigenvalue weighted by molar-refractivity contribution is -0.121. The molecule has 1 N–H and O–H groups in total. The molecule has 0 spiro atoms. The molecular weight excluding hydrogens is 342 g/mol. The van der Waals surface area contributed by atoms with E-state index in [-0.39, 0.29) is 11.3 Å². The Bertz CT molecular complexity index is 773. The van der Waals surface area contributed by atoms with Crippen LogP contribution in [0.1, 0.15) is 52.0 Å². The van der Waals surface area contributed by atoms with Crippen LogP contribution < -0.4 is 5.32 Å². The van der Waals surface area contributed by atoms with Gasteiger partial charge >= 0.3 is 0 Å². The van der Waals surface area contributed by atoms with Crippen LogP contribution in [0.2, 0.25) is 0 Å². The largest absolute Gasteiger partial charge is 0.439 e. The van der Waals surface area contributed by atoms with Gasteiger partial charge in [-0.15, -0.1) is 0 Å². The number of hydrogen-bond donors (Lipinski definition) is 1. The molecule has 1 amide bonds. The molecule has 27 heavy (non-hydrogen) atoms. The maximum absolute atomic E-state index is 12.2. The zero-order valence-electron chi connectivity index (χ0n) is 16.9. The van der Waals surface area contributed by atoms with Crippen LogP contribution in [-0.2, 0) is 21.5 Å². The summed E-state index contributed by atoms with van der Waals surface area (Å²) in [6.07, 6.45) is 1.35. The predicted molar refractivity (Wildman–Crippen MR) is 106 cm³/mol. The van der Waals surface area contributed by atoms with Gasteiger partial charge in [0.15, 0.2) is 5.58 Å². The van der Waals surface area contributed by atoms with Crippen molar-refractivity contribution in [2.24, 2.45) is 0 Å². The minimum atomic E-state index is 0.0350. The van der Waals surface area contributed by atoms with Gasteiger partial charge in [0.1, 0.15) is 5.52 Å². The first kappa shape index (κ1) is 19.8. The maximum atomic E-state index is 12.2. The molecule has 2 aromatic rings. The summed E-state index contributed by atoms with van der Waals surface area (Å²) in [5.41, 5.74) is 2.88. The van der Waals surface area contributed by atoms with Crippen molar-refractivity contribution >= 4 is 17.0 Å². The summed E-state index contributed by atoms with van der Waals surface area (Å²) in [6, 6.07) is 6.48. The zero-order valence-corrected chi connectivity index (χ0v) is 16.9. The van der Waals surface area contributed by atoms with Gasteiger partial charge in [-0.25, -0.2) is 4.98 Å². The van der Waals surface area contributed by atoms with E-state index in [9.17, 15) is 4.79 Å². The van der Waals surface area contributed by atoms with Crippen molar-refractivity contribution in [3.05, 3.63) is 29.7 Å². The van der Waals surface area contributed by atoms with Gasteiger partial charge in [-0.05, 0) is 36.5 Å². The van der Waals surface area contributed by atoms with E-state index < -0.39 is 0 Å². The summed E-state index contributed by atoms with van der Waals surface area (Å²) in [5.74, 6) is 0.582. The highest BCUT2D eigenvalue weighted by molar-refractivity contribution is 5.76. The van der Waals surface area contributed by atoms with Crippen LogP contribution in [0.3, 0.4) is 0 Å². The molecule has 1 unspecified atom stereocenters. The van der Waals surface area contributed by atoms with E-state index in [4.69, 9.17) is 9.15 Å². The zero-order chi connectivity index (χ0) is 19.4. The van der Waals surface area contributed by atoms with Gasteiger partial charge < -0.3 is 14.5 Å². The Hall–Kier alpha value is -1.92. The molecule has 1 aromatic carbocycles. The molecule has 0 saturated carbocycles. The third-order valence-corrected chi connectivity index (χ3v) is 5.19. The minimum absolute atomic E-state index is 0.0350. The van der Waals surface area contributed by atoms with E-state index in [1.165, 1.54) is 5.56 Å². The highest BCUT2D eigenvalue weighted by atomic mass is 16.5. The Morgan fingerprint density at radius 2 is 2.04 bits per heavy atom. The Morgan fingerprint density at radius 1 is 1.30 bits per heavy atom. The van der Waals surface area contributed by atoms with Crippen LogP contribution >= 0.6 is 0 Å². The third kappa shape index (κ3) is 5.30. The number of nitrogens with one attached hydrogen (secondary N) is 1. The van der Waals surface area contributed by atoms with Gasteiger partial charge in [-0.3, -0.25) is 9.69 Å². The summed E-state index contributed by atoms with van der Waals surface area (Å²) < 4.78 is 11.1. The lowest BCUT2D eigenvalue weighted by atomic mass is 9.87. The highest BCUT2D eigenvalue weighted by Gasteiger charge is 2.18. The topological polar surface area (TPSA) is 67.6 Å². The van der Waals surface area contributed by atoms with Crippen molar-refractivity contribution < 1.29 is 13.9 Å². The molecule has 0 aliphatic carbocycles. The van der Waals surface area contributed by atoms with Crippen molar-refractivity contribution in [2.45, 2.75) is 58.5 Å². The quantitative estimate of drug-likeness (QED) is 0.842. The number of hydrogen-bond acceptors (Lipinski definition) is 5. The van der Waals surface area contributed by atoms with Crippen molar-refractivity contribution in [1.82, 2.24) is 15.2 Å². The molecule has 0 radical (unpaired) electrons. The van der Waals surface area contributed by atoms with Crippen LogP contribution in [0.4, 0.5) is 0 Å². The van der Waals surface area contributed by atoms with Gasteiger partial charge in [-0.2, -0.15) is 0 Å². The normalized spacial score (nSPS) is 17.2. The predicted octanol–water partition coefficient (Wildman–Crippen LogP) is 3.24. The molecule has 0 bridgehead atoms. The second-order valence-corrected chi connectivity index (χ2v) is 8.35. The molecule has 6 nitrogen and oxygen atoms in total. The Balaban J connectivity index is 1.49. The molecular formula is C21H31N3O3. The molecule has 148 valence electrons. The number of fused-ring (bicyclic) bond motifs is 1. The van der Waals surface area contributed by atoms with Gasteiger partial charge in [0, 0.05) is 25.6 Å². The molecule has 1 aromatic heterocycles. The molecule has 6 heteroatoms. The number of oxazole rings is 1. The first-order chi connectivity index (χ1) is 12.8. The number of carbonyl (C=O) groups is 1.